The average molecular weight is 722 g/mol. The van der Waals surface area contributed by atoms with Crippen LogP contribution in [0.4, 0.5) is 17.1 Å². The van der Waals surface area contributed by atoms with Gasteiger partial charge in [-0.25, -0.2) is 10.0 Å². The predicted molar refractivity (Wildman–Crippen MR) is 199 cm³/mol. The van der Waals surface area contributed by atoms with E-state index in [2.05, 4.69) is 22.7 Å². The van der Waals surface area contributed by atoms with Crippen molar-refractivity contribution in [1.82, 2.24) is 5.43 Å². The summed E-state index contributed by atoms with van der Waals surface area (Å²) in [7, 11) is 0. The summed E-state index contributed by atoms with van der Waals surface area (Å²) in [5.74, 6) is -1.97. The first kappa shape index (κ1) is 39.6. The number of hydrazine groups is 1. The minimum Gasteiger partial charge on any atom is -0.481 e. The maximum absolute atomic E-state index is 12.8. The quantitative estimate of drug-likeness (QED) is 0.0989. The minimum absolute atomic E-state index is 0.00841. The van der Waals surface area contributed by atoms with Gasteiger partial charge in [0.1, 0.15) is 11.5 Å². The van der Waals surface area contributed by atoms with Gasteiger partial charge in [0, 0.05) is 17.1 Å². The number of carboxylic acid groups (broad SMARTS) is 1. The van der Waals surface area contributed by atoms with E-state index in [1.165, 1.54) is 101 Å². The maximum Gasteiger partial charge on any atom is 0.307 e. The summed E-state index contributed by atoms with van der Waals surface area (Å²) in [6.45, 7) is 2.26. The summed E-state index contributed by atoms with van der Waals surface area (Å²) >= 11 is 18.6. The highest BCUT2D eigenvalue weighted by molar-refractivity contribution is 6.42. The molecule has 1 aliphatic rings. The number of halogens is 3. The molecule has 3 rings (SSSR count). The lowest BCUT2D eigenvalue weighted by Gasteiger charge is -2.19. The molecule has 1 heterocycles. The fourth-order valence-corrected chi connectivity index (χ4v) is 6.93. The van der Waals surface area contributed by atoms with E-state index in [1.807, 2.05) is 0 Å². The zero-order valence-electron chi connectivity index (χ0n) is 28.2. The normalized spacial score (nSPS) is 14.4. The molecule has 0 aliphatic carbocycles. The van der Waals surface area contributed by atoms with Crippen LogP contribution in [0.2, 0.25) is 15.1 Å². The number of carbonyl (C=O) groups is 3. The molecule has 0 aromatic heterocycles. The Balaban J connectivity index is 1.34. The van der Waals surface area contributed by atoms with Gasteiger partial charge in [-0.1, -0.05) is 151 Å². The number of carboxylic acids is 1. The molecular formula is C37H51Cl3N4O4. The van der Waals surface area contributed by atoms with E-state index < -0.39 is 11.9 Å². The molecule has 0 spiro atoms. The Morgan fingerprint density at radius 3 is 1.94 bits per heavy atom. The largest absolute Gasteiger partial charge is 0.481 e. The Morgan fingerprint density at radius 2 is 1.40 bits per heavy atom. The lowest BCUT2D eigenvalue weighted by Crippen LogP contribution is -2.36. The zero-order chi connectivity index (χ0) is 34.7. The predicted octanol–water partition coefficient (Wildman–Crippen LogP) is 11.3. The highest BCUT2D eigenvalue weighted by Crippen LogP contribution is 2.37. The molecule has 11 heteroatoms. The van der Waals surface area contributed by atoms with Crippen molar-refractivity contribution >= 4 is 75.5 Å². The molecule has 2 amide bonds. The molecule has 1 atom stereocenters. The second kappa shape index (κ2) is 22.0. The first-order valence-corrected chi connectivity index (χ1v) is 18.8. The van der Waals surface area contributed by atoms with Crippen molar-refractivity contribution in [3.63, 3.8) is 0 Å². The van der Waals surface area contributed by atoms with Crippen LogP contribution in [-0.2, 0) is 14.4 Å². The number of aliphatic carboxylic acids is 1. The fraction of sp³-hybridized carbons (Fsp3) is 0.568. The van der Waals surface area contributed by atoms with Crippen LogP contribution in [0.15, 0.2) is 41.4 Å². The monoisotopic (exact) mass is 720 g/mol. The standard InChI is InChI=1S/C37H51Cl3N4O4/c1-2-3-4-5-6-7-8-9-10-11-12-13-14-15-16-17-19-27(37(47)48)22-34(45)42-30-21-18-20-29(25-30)41-33-26-35(46)44(43-33)36-31(39)23-28(38)24-32(36)40/h18,20-21,23-25,27H,2-17,19,22,26H2,1H3,(H,41,43)(H,42,45)(H,47,48)/t27-/m0/s1. The number of benzene rings is 2. The third-order valence-electron chi connectivity index (χ3n) is 8.60. The SMILES string of the molecule is CCCCCCCCCCCCCCCCCC[C@@H](CC(=O)Nc1cccc(N=C2CC(=O)N(c3c(Cl)cc(Cl)cc3Cl)N2)c1)C(=O)O. The van der Waals surface area contributed by atoms with Gasteiger partial charge in [-0.15, -0.1) is 0 Å². The highest BCUT2D eigenvalue weighted by Gasteiger charge is 2.30. The van der Waals surface area contributed by atoms with Gasteiger partial charge in [-0.05, 0) is 36.8 Å². The van der Waals surface area contributed by atoms with Crippen molar-refractivity contribution in [3.05, 3.63) is 51.5 Å². The molecule has 0 radical (unpaired) electrons. The molecule has 0 bridgehead atoms. The van der Waals surface area contributed by atoms with Gasteiger partial charge in [-0.3, -0.25) is 19.8 Å². The zero-order valence-corrected chi connectivity index (χ0v) is 30.4. The van der Waals surface area contributed by atoms with Crippen LogP contribution in [0.3, 0.4) is 0 Å². The molecule has 264 valence electrons. The third-order valence-corrected chi connectivity index (χ3v) is 9.39. The summed E-state index contributed by atoms with van der Waals surface area (Å²) < 4.78 is 0. The Morgan fingerprint density at radius 1 is 0.854 bits per heavy atom. The van der Waals surface area contributed by atoms with E-state index >= 15 is 0 Å². The van der Waals surface area contributed by atoms with E-state index in [4.69, 9.17) is 34.8 Å². The smallest absolute Gasteiger partial charge is 0.307 e. The lowest BCUT2D eigenvalue weighted by molar-refractivity contribution is -0.143. The molecule has 2 aromatic carbocycles. The van der Waals surface area contributed by atoms with Crippen LogP contribution in [0.5, 0.6) is 0 Å². The summed E-state index contributed by atoms with van der Waals surface area (Å²) in [6, 6.07) is 9.82. The Bertz CT molecular complexity index is 1350. The fourth-order valence-electron chi connectivity index (χ4n) is 5.94. The van der Waals surface area contributed by atoms with Crippen LogP contribution in [0.1, 0.15) is 129 Å². The van der Waals surface area contributed by atoms with Crippen molar-refractivity contribution in [2.24, 2.45) is 10.9 Å². The van der Waals surface area contributed by atoms with Gasteiger partial charge in [0.15, 0.2) is 0 Å². The van der Waals surface area contributed by atoms with Crippen LogP contribution in [-0.4, -0.2) is 28.7 Å². The van der Waals surface area contributed by atoms with Gasteiger partial charge >= 0.3 is 5.97 Å². The number of aliphatic imine (C=N–C) groups is 1. The van der Waals surface area contributed by atoms with Gasteiger partial charge in [0.2, 0.25) is 5.91 Å². The molecular weight excluding hydrogens is 671 g/mol. The van der Waals surface area contributed by atoms with Crippen molar-refractivity contribution in [2.45, 2.75) is 129 Å². The maximum atomic E-state index is 12.8. The number of amides is 2. The number of carbonyl (C=O) groups excluding carboxylic acids is 2. The number of amidine groups is 1. The van der Waals surface area contributed by atoms with Crippen molar-refractivity contribution in [1.29, 1.82) is 0 Å². The second-order valence-electron chi connectivity index (χ2n) is 12.7. The molecule has 3 N–H and O–H groups in total. The topological polar surface area (TPSA) is 111 Å². The Labute approximate surface area is 301 Å². The van der Waals surface area contributed by atoms with Gasteiger partial charge < -0.3 is 10.4 Å². The number of anilines is 2. The second-order valence-corrected chi connectivity index (χ2v) is 14.0. The third kappa shape index (κ3) is 14.4. The number of rotatable bonds is 23. The van der Waals surface area contributed by atoms with E-state index in [0.717, 1.165) is 19.3 Å². The average Bonchev–Trinajstić information content (AvgIpc) is 3.38. The van der Waals surface area contributed by atoms with Crippen molar-refractivity contribution in [2.75, 3.05) is 10.3 Å². The molecule has 1 aliphatic heterocycles. The molecule has 0 unspecified atom stereocenters. The molecule has 48 heavy (non-hydrogen) atoms. The number of nitrogens with one attached hydrogen (secondary N) is 2. The van der Waals surface area contributed by atoms with E-state index in [0.29, 0.717) is 28.7 Å². The lowest BCUT2D eigenvalue weighted by atomic mass is 9.96. The molecule has 2 aromatic rings. The Kier molecular flexibility index (Phi) is 18.2. The summed E-state index contributed by atoms with van der Waals surface area (Å²) in [5.41, 5.74) is 4.20. The van der Waals surface area contributed by atoms with Crippen LogP contribution in [0.25, 0.3) is 0 Å². The first-order valence-electron chi connectivity index (χ1n) is 17.6. The molecule has 0 saturated carbocycles. The number of nitrogens with zero attached hydrogens (tertiary/aromatic N) is 2. The summed E-state index contributed by atoms with van der Waals surface area (Å²) in [6.07, 6.45) is 20.6. The molecule has 1 saturated heterocycles. The highest BCUT2D eigenvalue weighted by atomic mass is 35.5. The Hall–Kier alpha value is -2.81. The summed E-state index contributed by atoms with van der Waals surface area (Å²) in [5, 5.41) is 14.5. The molecule has 1 fully saturated rings. The van der Waals surface area contributed by atoms with Crippen LogP contribution < -0.4 is 15.8 Å². The van der Waals surface area contributed by atoms with E-state index in [-0.39, 0.29) is 40.4 Å². The molecule has 8 nitrogen and oxygen atoms in total. The van der Waals surface area contributed by atoms with Crippen LogP contribution in [0, 0.1) is 5.92 Å². The number of hydrogen-bond acceptors (Lipinski definition) is 4. The van der Waals surface area contributed by atoms with Crippen molar-refractivity contribution in [3.8, 4) is 0 Å². The number of hydrogen-bond donors (Lipinski definition) is 3. The first-order chi connectivity index (χ1) is 23.2. The van der Waals surface area contributed by atoms with E-state index in [1.54, 1.807) is 24.3 Å². The van der Waals surface area contributed by atoms with Crippen LogP contribution >= 0.6 is 34.8 Å². The van der Waals surface area contributed by atoms with Gasteiger partial charge in [0.25, 0.3) is 5.91 Å². The number of unbranched alkanes of at least 4 members (excludes halogenated alkanes) is 15. The van der Waals surface area contributed by atoms with Gasteiger partial charge in [-0.2, -0.15) is 0 Å². The van der Waals surface area contributed by atoms with Crippen molar-refractivity contribution < 1.29 is 19.5 Å². The van der Waals surface area contributed by atoms with Gasteiger partial charge in [0.05, 0.1) is 28.1 Å². The summed E-state index contributed by atoms with van der Waals surface area (Å²) in [4.78, 5) is 41.9. The minimum atomic E-state index is -0.950. The van der Waals surface area contributed by atoms with E-state index in [9.17, 15) is 19.5 Å².